The second-order valence-electron chi connectivity index (χ2n) is 8.58. The molecule has 1 unspecified atom stereocenters. The van der Waals surface area contributed by atoms with Crippen LogP contribution in [-0.4, -0.2) is 34.5 Å². The normalized spacial score (nSPS) is 18.2. The van der Waals surface area contributed by atoms with Gasteiger partial charge in [0, 0.05) is 12.0 Å². The van der Waals surface area contributed by atoms with E-state index in [4.69, 9.17) is 0 Å². The van der Waals surface area contributed by atoms with Gasteiger partial charge in [-0.2, -0.15) is 23.0 Å². The number of allylic oxidation sites excluding steroid dienone is 2. The van der Waals surface area contributed by atoms with Crippen molar-refractivity contribution in [1.82, 2.24) is 14.5 Å². The lowest BCUT2D eigenvalue weighted by atomic mass is 9.90. The van der Waals surface area contributed by atoms with Crippen molar-refractivity contribution in [2.45, 2.75) is 31.4 Å². The van der Waals surface area contributed by atoms with E-state index in [2.05, 4.69) is 15.3 Å². The van der Waals surface area contributed by atoms with Crippen LogP contribution in [0.1, 0.15) is 23.2 Å². The molecule has 1 aliphatic rings. The summed E-state index contributed by atoms with van der Waals surface area (Å²) in [5.41, 5.74) is -7.95. The molecule has 1 aromatic heterocycles. The van der Waals surface area contributed by atoms with Gasteiger partial charge < -0.3 is 5.11 Å². The van der Waals surface area contributed by atoms with Crippen LogP contribution in [0.25, 0.3) is 11.3 Å². The molecule has 0 aliphatic heterocycles. The molecule has 0 radical (unpaired) electrons. The van der Waals surface area contributed by atoms with Gasteiger partial charge in [0.1, 0.15) is 11.6 Å². The zero-order valence-corrected chi connectivity index (χ0v) is 20.7. The SMILES string of the molecule is Cc1ccc(-n2[nH]c(C)c(N=NC3(NS(=O)(=O)C(F)(F)F)C=CC=C(c4ccccc4O)C3)c2=O)cc1F. The maximum atomic E-state index is 14.0. The molecule has 0 bridgehead atoms. The molecule has 1 aliphatic carbocycles. The Balaban J connectivity index is 1.78. The Bertz CT molecular complexity index is 1650. The van der Waals surface area contributed by atoms with Crippen molar-refractivity contribution in [2.24, 2.45) is 10.2 Å². The summed E-state index contributed by atoms with van der Waals surface area (Å²) in [7, 11) is -5.92. The standard InChI is InChI=1S/C24H21F4N5O4S/c1-14-9-10-17(12-19(14)25)33-22(35)21(15(2)30-33)29-31-23(32-38(36,37)24(26,27)28)11-5-6-16(13-23)18-7-3-4-8-20(18)34/h3-12,30,32,34H,13H2,1-2H3. The van der Waals surface area contributed by atoms with Crippen LogP contribution in [0.3, 0.4) is 0 Å². The number of H-pyrrole nitrogens is 1. The number of aromatic hydroxyl groups is 1. The molecule has 1 heterocycles. The number of halogens is 4. The number of aryl methyl sites for hydroxylation is 2. The number of azo groups is 1. The Labute approximate surface area is 213 Å². The first-order chi connectivity index (χ1) is 17.7. The number of nitrogens with zero attached hydrogens (tertiary/aromatic N) is 3. The number of alkyl halides is 3. The van der Waals surface area contributed by atoms with Crippen LogP contribution in [0.5, 0.6) is 5.75 Å². The minimum absolute atomic E-state index is 0.137. The number of benzene rings is 2. The molecule has 9 nitrogen and oxygen atoms in total. The Morgan fingerprint density at radius 2 is 1.87 bits per heavy atom. The largest absolute Gasteiger partial charge is 0.511 e. The fourth-order valence-corrected chi connectivity index (χ4v) is 4.57. The molecule has 200 valence electrons. The Hall–Kier alpha value is -4.04. The first-order valence-corrected chi connectivity index (χ1v) is 12.5. The third kappa shape index (κ3) is 5.17. The van der Waals surface area contributed by atoms with Gasteiger partial charge in [0.25, 0.3) is 5.56 Å². The van der Waals surface area contributed by atoms with Gasteiger partial charge >= 0.3 is 15.5 Å². The maximum Gasteiger partial charge on any atom is 0.511 e. The molecule has 0 fully saturated rings. The molecule has 0 saturated carbocycles. The molecular formula is C24H21F4N5O4S. The van der Waals surface area contributed by atoms with Crippen molar-refractivity contribution in [3.63, 3.8) is 0 Å². The van der Waals surface area contributed by atoms with E-state index in [9.17, 15) is 35.9 Å². The molecule has 0 amide bonds. The second-order valence-corrected chi connectivity index (χ2v) is 10.3. The summed E-state index contributed by atoms with van der Waals surface area (Å²) in [6.45, 7) is 2.98. The number of aromatic nitrogens is 2. The summed E-state index contributed by atoms with van der Waals surface area (Å²) < 4.78 is 80.6. The molecular weight excluding hydrogens is 530 g/mol. The summed E-state index contributed by atoms with van der Waals surface area (Å²) in [4.78, 5) is 13.0. The fourth-order valence-electron chi connectivity index (χ4n) is 3.81. The van der Waals surface area contributed by atoms with Crippen molar-refractivity contribution in [3.05, 3.63) is 93.7 Å². The second kappa shape index (κ2) is 9.68. The van der Waals surface area contributed by atoms with Crippen LogP contribution >= 0.6 is 0 Å². The molecule has 38 heavy (non-hydrogen) atoms. The monoisotopic (exact) mass is 551 g/mol. The molecule has 0 spiro atoms. The lowest BCUT2D eigenvalue weighted by Crippen LogP contribution is -2.50. The Kier molecular flexibility index (Phi) is 6.88. The fraction of sp³-hybridized carbons (Fsp3) is 0.208. The number of phenols is 1. The van der Waals surface area contributed by atoms with Gasteiger partial charge in [-0.1, -0.05) is 36.4 Å². The van der Waals surface area contributed by atoms with E-state index in [0.717, 1.165) is 16.8 Å². The zero-order valence-electron chi connectivity index (χ0n) is 19.9. The topological polar surface area (TPSA) is 129 Å². The van der Waals surface area contributed by atoms with Crippen molar-refractivity contribution in [3.8, 4) is 11.4 Å². The number of hydrogen-bond donors (Lipinski definition) is 3. The summed E-state index contributed by atoms with van der Waals surface area (Å²) in [6, 6.07) is 10.0. The van der Waals surface area contributed by atoms with Gasteiger partial charge in [-0.25, -0.2) is 17.5 Å². The molecule has 3 N–H and O–H groups in total. The Morgan fingerprint density at radius 1 is 1.16 bits per heavy atom. The molecule has 2 aromatic carbocycles. The summed E-state index contributed by atoms with van der Waals surface area (Å²) in [5.74, 6) is -0.755. The first kappa shape index (κ1) is 27.0. The highest BCUT2D eigenvalue weighted by Gasteiger charge is 2.50. The smallest absolute Gasteiger partial charge is 0.507 e. The van der Waals surface area contributed by atoms with Gasteiger partial charge in [-0.05, 0) is 49.3 Å². The lowest BCUT2D eigenvalue weighted by molar-refractivity contribution is -0.0454. The number of para-hydroxylation sites is 1. The van der Waals surface area contributed by atoms with Crippen molar-refractivity contribution >= 4 is 21.3 Å². The number of rotatable bonds is 6. The summed E-state index contributed by atoms with van der Waals surface area (Å²) in [6.07, 6.45) is 3.32. The van der Waals surface area contributed by atoms with E-state index in [1.165, 1.54) is 54.1 Å². The number of hydrogen-bond acceptors (Lipinski definition) is 6. The molecule has 0 saturated heterocycles. The molecule has 4 rings (SSSR count). The average molecular weight is 552 g/mol. The lowest BCUT2D eigenvalue weighted by Gasteiger charge is -2.30. The van der Waals surface area contributed by atoms with Crippen LogP contribution < -0.4 is 10.3 Å². The van der Waals surface area contributed by atoms with Gasteiger partial charge in [-0.15, -0.1) is 5.11 Å². The highest BCUT2D eigenvalue weighted by Crippen LogP contribution is 2.37. The van der Waals surface area contributed by atoms with Crippen LogP contribution in [0.4, 0.5) is 23.2 Å². The van der Waals surface area contributed by atoms with Crippen LogP contribution in [0.15, 0.2) is 75.7 Å². The van der Waals surface area contributed by atoms with Gasteiger partial charge in [0.05, 0.1) is 11.4 Å². The van der Waals surface area contributed by atoms with Crippen molar-refractivity contribution < 1.29 is 31.1 Å². The van der Waals surface area contributed by atoms with E-state index in [-0.39, 0.29) is 34.0 Å². The van der Waals surface area contributed by atoms with Gasteiger partial charge in [0.2, 0.25) is 0 Å². The predicted octanol–water partition coefficient (Wildman–Crippen LogP) is 4.89. The van der Waals surface area contributed by atoms with E-state index in [1.807, 2.05) is 0 Å². The van der Waals surface area contributed by atoms with Crippen molar-refractivity contribution in [2.75, 3.05) is 0 Å². The van der Waals surface area contributed by atoms with E-state index < -0.39 is 39.0 Å². The minimum atomic E-state index is -5.92. The van der Waals surface area contributed by atoms with E-state index in [1.54, 1.807) is 13.0 Å². The summed E-state index contributed by atoms with van der Waals surface area (Å²) in [5, 5.41) is 20.6. The quantitative estimate of drug-likeness (QED) is 0.298. The number of nitrogens with one attached hydrogen (secondary N) is 2. The maximum absolute atomic E-state index is 14.0. The third-order valence-corrected chi connectivity index (χ3v) is 7.01. The van der Waals surface area contributed by atoms with Gasteiger partial charge in [-0.3, -0.25) is 9.89 Å². The third-order valence-electron chi connectivity index (χ3n) is 5.78. The number of aromatic amines is 1. The molecule has 14 heteroatoms. The highest BCUT2D eigenvalue weighted by molar-refractivity contribution is 7.90. The van der Waals surface area contributed by atoms with Crippen LogP contribution in [0, 0.1) is 19.7 Å². The number of phenolic OH excluding ortho intramolecular Hbond substituents is 1. The zero-order chi connectivity index (χ0) is 27.9. The van der Waals surface area contributed by atoms with Crippen LogP contribution in [-0.2, 0) is 10.0 Å². The Morgan fingerprint density at radius 3 is 2.53 bits per heavy atom. The predicted molar refractivity (Wildman–Crippen MR) is 131 cm³/mol. The molecule has 1 atom stereocenters. The summed E-state index contributed by atoms with van der Waals surface area (Å²) >= 11 is 0. The first-order valence-electron chi connectivity index (χ1n) is 11.0. The van der Waals surface area contributed by atoms with E-state index in [0.29, 0.717) is 5.56 Å². The van der Waals surface area contributed by atoms with Crippen molar-refractivity contribution in [1.29, 1.82) is 0 Å². The minimum Gasteiger partial charge on any atom is -0.507 e. The highest BCUT2D eigenvalue weighted by atomic mass is 32.2. The van der Waals surface area contributed by atoms with Crippen LogP contribution in [0.2, 0.25) is 0 Å². The number of sulfonamides is 1. The average Bonchev–Trinajstić information content (AvgIpc) is 3.12. The molecule has 3 aromatic rings. The van der Waals surface area contributed by atoms with E-state index >= 15 is 0 Å². The van der Waals surface area contributed by atoms with Gasteiger partial charge in [0.15, 0.2) is 11.4 Å².